The van der Waals surface area contributed by atoms with Crippen molar-refractivity contribution >= 4 is 28.8 Å². The van der Waals surface area contributed by atoms with Crippen molar-refractivity contribution in [3.63, 3.8) is 0 Å². The van der Waals surface area contributed by atoms with Gasteiger partial charge >= 0.3 is 0 Å². The van der Waals surface area contributed by atoms with Gasteiger partial charge in [-0.1, -0.05) is 31.0 Å². The van der Waals surface area contributed by atoms with E-state index in [1.165, 1.54) is 22.6 Å². The molecule has 1 aromatic carbocycles. The molecule has 7 heteroatoms. The number of para-hydroxylation sites is 1. The highest BCUT2D eigenvalue weighted by atomic mass is 32.1. The number of carbonyl (C=O) groups excluding carboxylic acids is 2. The van der Waals surface area contributed by atoms with Crippen LogP contribution in [0.4, 0.5) is 5.69 Å². The number of hydrogen-bond acceptors (Lipinski definition) is 3. The first-order chi connectivity index (χ1) is 14.7. The zero-order valence-electron chi connectivity index (χ0n) is 17.4. The number of piperazine rings is 1. The summed E-state index contributed by atoms with van der Waals surface area (Å²) in [6.07, 6.45) is 4.44. The third-order valence-corrected chi connectivity index (χ3v) is 7.09. The van der Waals surface area contributed by atoms with Crippen LogP contribution in [0.2, 0.25) is 0 Å². The number of nitrogens with one attached hydrogen (secondary N) is 4. The van der Waals surface area contributed by atoms with Gasteiger partial charge in [0.05, 0.1) is 16.1 Å². The van der Waals surface area contributed by atoms with E-state index in [0.717, 1.165) is 45.6 Å². The maximum Gasteiger partial charge on any atom is 0.279 e. The molecule has 4 N–H and O–H groups in total. The molecule has 1 saturated heterocycles. The topological polar surface area (TPSA) is 67.1 Å². The van der Waals surface area contributed by atoms with Gasteiger partial charge in [-0.05, 0) is 36.4 Å². The normalized spacial score (nSPS) is 22.0. The standard InChI is InChI=1S/C23H30N4O2S/c28-22(17-27-13-11-26(12-14-27)16-19-8-5-15-30-19)25-21-10-4-3-9-20(21)23(29)24-18-6-1-2-7-18/h3-5,8-10,15,18H,1-2,6-7,11-14,16-17H2,(H,24,29)(H,25,28)/p+2. The number of carbonyl (C=O) groups is 2. The van der Waals surface area contributed by atoms with Crippen LogP contribution in [0.15, 0.2) is 41.8 Å². The molecule has 0 spiro atoms. The molecule has 0 unspecified atom stereocenters. The summed E-state index contributed by atoms with van der Waals surface area (Å²) in [7, 11) is 0. The number of thiophene rings is 1. The van der Waals surface area contributed by atoms with E-state index in [-0.39, 0.29) is 17.9 Å². The lowest BCUT2D eigenvalue weighted by Crippen LogP contribution is -3.28. The van der Waals surface area contributed by atoms with E-state index in [2.05, 4.69) is 28.1 Å². The Hall–Kier alpha value is -2.22. The van der Waals surface area contributed by atoms with Crippen LogP contribution in [-0.2, 0) is 11.3 Å². The van der Waals surface area contributed by atoms with Crippen LogP contribution >= 0.6 is 11.3 Å². The number of benzene rings is 1. The quantitative estimate of drug-likeness (QED) is 0.514. The summed E-state index contributed by atoms with van der Waals surface area (Å²) < 4.78 is 0. The molecule has 2 aromatic rings. The van der Waals surface area contributed by atoms with E-state index in [1.807, 2.05) is 29.5 Å². The van der Waals surface area contributed by atoms with Gasteiger partial charge in [-0.2, -0.15) is 0 Å². The van der Waals surface area contributed by atoms with Gasteiger partial charge in [-0.15, -0.1) is 11.3 Å². The maximum absolute atomic E-state index is 12.7. The van der Waals surface area contributed by atoms with Crippen LogP contribution in [0.5, 0.6) is 0 Å². The van der Waals surface area contributed by atoms with Gasteiger partial charge in [0.2, 0.25) is 0 Å². The fourth-order valence-electron chi connectivity index (χ4n) is 4.52. The Bertz CT molecular complexity index is 841. The Morgan fingerprint density at radius 1 is 0.967 bits per heavy atom. The van der Waals surface area contributed by atoms with Crippen LogP contribution in [0.1, 0.15) is 40.9 Å². The largest absolute Gasteiger partial charge is 0.349 e. The van der Waals surface area contributed by atoms with Crippen molar-refractivity contribution in [2.24, 2.45) is 0 Å². The number of quaternary nitrogens is 2. The Morgan fingerprint density at radius 3 is 2.43 bits per heavy atom. The van der Waals surface area contributed by atoms with Crippen molar-refractivity contribution in [1.82, 2.24) is 5.32 Å². The van der Waals surface area contributed by atoms with Crippen molar-refractivity contribution in [3.05, 3.63) is 52.2 Å². The molecule has 2 aliphatic rings. The predicted molar refractivity (Wildman–Crippen MR) is 119 cm³/mol. The van der Waals surface area contributed by atoms with E-state index < -0.39 is 0 Å². The molecule has 4 rings (SSSR count). The van der Waals surface area contributed by atoms with Gasteiger partial charge in [0.1, 0.15) is 32.7 Å². The molecular weight excluding hydrogens is 396 g/mol. The van der Waals surface area contributed by atoms with E-state index in [1.54, 1.807) is 11.0 Å². The number of hydrogen-bond donors (Lipinski definition) is 4. The summed E-state index contributed by atoms with van der Waals surface area (Å²) in [4.78, 5) is 29.7. The molecule has 0 bridgehead atoms. The van der Waals surface area contributed by atoms with Crippen LogP contribution in [-0.4, -0.2) is 50.6 Å². The monoisotopic (exact) mass is 428 g/mol. The molecule has 1 aromatic heterocycles. The van der Waals surface area contributed by atoms with Crippen molar-refractivity contribution in [2.75, 3.05) is 38.0 Å². The molecule has 2 fully saturated rings. The fraction of sp³-hybridized carbons (Fsp3) is 0.478. The average Bonchev–Trinajstić information content (AvgIpc) is 3.44. The van der Waals surface area contributed by atoms with Crippen molar-refractivity contribution < 1.29 is 19.4 Å². The number of rotatable bonds is 7. The summed E-state index contributed by atoms with van der Waals surface area (Å²) in [5.74, 6) is -0.108. The van der Waals surface area contributed by atoms with Gasteiger partial charge in [0.25, 0.3) is 11.8 Å². The van der Waals surface area contributed by atoms with Crippen LogP contribution in [0.25, 0.3) is 0 Å². The molecule has 2 amide bonds. The molecule has 30 heavy (non-hydrogen) atoms. The molecule has 0 atom stereocenters. The van der Waals surface area contributed by atoms with Gasteiger partial charge in [0, 0.05) is 6.04 Å². The maximum atomic E-state index is 12.7. The second kappa shape index (κ2) is 10.2. The summed E-state index contributed by atoms with van der Waals surface area (Å²) in [5, 5.41) is 8.23. The Balaban J connectivity index is 1.26. The second-order valence-corrected chi connectivity index (χ2v) is 9.51. The zero-order chi connectivity index (χ0) is 20.8. The summed E-state index contributed by atoms with van der Waals surface area (Å²) in [6.45, 7) is 5.70. The average molecular weight is 429 g/mol. The molecule has 2 heterocycles. The molecule has 0 radical (unpaired) electrons. The minimum Gasteiger partial charge on any atom is -0.349 e. The van der Waals surface area contributed by atoms with Gasteiger partial charge in [-0.25, -0.2) is 0 Å². The third kappa shape index (κ3) is 5.68. The lowest BCUT2D eigenvalue weighted by Gasteiger charge is -2.29. The molecular formula is C23H32N4O2S+2. The summed E-state index contributed by atoms with van der Waals surface area (Å²) in [6, 6.07) is 11.9. The first-order valence-electron chi connectivity index (χ1n) is 11.1. The van der Waals surface area contributed by atoms with Crippen LogP contribution < -0.4 is 20.4 Å². The highest BCUT2D eigenvalue weighted by Gasteiger charge is 2.26. The van der Waals surface area contributed by atoms with E-state index in [4.69, 9.17) is 0 Å². The van der Waals surface area contributed by atoms with E-state index in [0.29, 0.717) is 17.8 Å². The third-order valence-electron chi connectivity index (χ3n) is 6.22. The fourth-order valence-corrected chi connectivity index (χ4v) is 5.29. The SMILES string of the molecule is O=C(C[NH+]1CC[NH+](Cc2cccs2)CC1)Nc1ccccc1C(=O)NC1CCCC1. The van der Waals surface area contributed by atoms with Crippen molar-refractivity contribution in [3.8, 4) is 0 Å². The Morgan fingerprint density at radius 2 is 1.70 bits per heavy atom. The first-order valence-corrected chi connectivity index (χ1v) is 11.9. The molecule has 1 aliphatic carbocycles. The van der Waals surface area contributed by atoms with Gasteiger partial charge in [0.15, 0.2) is 6.54 Å². The predicted octanol–water partition coefficient (Wildman–Crippen LogP) is 0.343. The van der Waals surface area contributed by atoms with Crippen molar-refractivity contribution in [2.45, 2.75) is 38.3 Å². The highest BCUT2D eigenvalue weighted by Crippen LogP contribution is 2.20. The second-order valence-electron chi connectivity index (χ2n) is 8.48. The molecule has 1 saturated carbocycles. The lowest BCUT2D eigenvalue weighted by atomic mass is 10.1. The van der Waals surface area contributed by atoms with Crippen molar-refractivity contribution in [1.29, 1.82) is 0 Å². The van der Waals surface area contributed by atoms with Crippen LogP contribution in [0.3, 0.4) is 0 Å². The van der Waals surface area contributed by atoms with E-state index in [9.17, 15) is 9.59 Å². The Kier molecular flexibility index (Phi) is 7.15. The Labute approximate surface area is 182 Å². The lowest BCUT2D eigenvalue weighted by molar-refractivity contribution is -1.01. The number of anilines is 1. The smallest absolute Gasteiger partial charge is 0.279 e. The first kappa shape index (κ1) is 21.0. The van der Waals surface area contributed by atoms with Crippen LogP contribution in [0, 0.1) is 0 Å². The minimum atomic E-state index is -0.0871. The zero-order valence-corrected chi connectivity index (χ0v) is 18.2. The minimum absolute atomic E-state index is 0.0205. The van der Waals surface area contributed by atoms with E-state index >= 15 is 0 Å². The van der Waals surface area contributed by atoms with Gasteiger partial charge < -0.3 is 20.4 Å². The summed E-state index contributed by atoms with van der Waals surface area (Å²) in [5.41, 5.74) is 1.16. The molecule has 160 valence electrons. The molecule has 6 nitrogen and oxygen atoms in total. The van der Waals surface area contributed by atoms with Gasteiger partial charge in [-0.3, -0.25) is 9.59 Å². The number of amides is 2. The molecule has 1 aliphatic heterocycles. The highest BCUT2D eigenvalue weighted by molar-refractivity contribution is 7.09. The summed E-state index contributed by atoms with van der Waals surface area (Å²) >= 11 is 1.82.